The first-order valence-corrected chi connectivity index (χ1v) is 11.0. The van der Waals surface area contributed by atoms with Crippen LogP contribution in [0.4, 0.5) is 5.69 Å². The fraction of sp³-hybridized carbons (Fsp3) is 0.381. The van der Waals surface area contributed by atoms with Crippen LogP contribution in [0.3, 0.4) is 0 Å². The Hall–Kier alpha value is -2.34. The number of sulfonamides is 1. The first-order chi connectivity index (χ1) is 13.0. The Balaban J connectivity index is 1.62. The predicted molar refractivity (Wildman–Crippen MR) is 106 cm³/mol. The van der Waals surface area contributed by atoms with Gasteiger partial charge in [-0.15, -0.1) is 0 Å². The Kier molecular flexibility index (Phi) is 4.68. The van der Waals surface area contributed by atoms with Crippen molar-refractivity contribution in [3.05, 3.63) is 64.7 Å². The van der Waals surface area contributed by atoms with Gasteiger partial charge in [-0.3, -0.25) is 9.10 Å². The Morgan fingerprint density at radius 2 is 1.78 bits per heavy atom. The van der Waals surface area contributed by atoms with Crippen LogP contribution >= 0.6 is 0 Å². The summed E-state index contributed by atoms with van der Waals surface area (Å²) in [6.45, 7) is 3.66. The number of benzene rings is 2. The van der Waals surface area contributed by atoms with E-state index in [0.29, 0.717) is 37.3 Å². The highest BCUT2D eigenvalue weighted by Gasteiger charge is 2.28. The van der Waals surface area contributed by atoms with Crippen LogP contribution in [0.15, 0.2) is 42.5 Å². The number of hydrogen-bond donors (Lipinski definition) is 0. The molecule has 5 nitrogen and oxygen atoms in total. The molecule has 2 aromatic rings. The van der Waals surface area contributed by atoms with Crippen LogP contribution in [-0.4, -0.2) is 38.1 Å². The molecule has 1 amide bonds. The number of hydrogen-bond acceptors (Lipinski definition) is 3. The largest absolute Gasteiger partial charge is 0.334 e. The Morgan fingerprint density at radius 1 is 1.00 bits per heavy atom. The summed E-state index contributed by atoms with van der Waals surface area (Å²) in [5.74, 6) is 0.133. The molecule has 0 aliphatic carbocycles. The number of rotatable bonds is 2. The molecule has 4 rings (SSSR count). The van der Waals surface area contributed by atoms with Crippen LogP contribution in [0.2, 0.25) is 0 Å². The number of aryl methyl sites for hydroxylation is 1. The van der Waals surface area contributed by atoms with Gasteiger partial charge in [0.2, 0.25) is 10.0 Å². The van der Waals surface area contributed by atoms with E-state index in [9.17, 15) is 13.2 Å². The summed E-state index contributed by atoms with van der Waals surface area (Å²) in [7, 11) is -3.30. The molecule has 142 valence electrons. The van der Waals surface area contributed by atoms with E-state index in [1.54, 1.807) is 12.1 Å². The molecule has 0 spiro atoms. The normalized spacial score (nSPS) is 18.9. The van der Waals surface area contributed by atoms with Gasteiger partial charge >= 0.3 is 0 Å². The van der Waals surface area contributed by atoms with Crippen molar-refractivity contribution in [1.29, 1.82) is 0 Å². The fourth-order valence-corrected chi connectivity index (χ4v) is 5.62. The van der Waals surface area contributed by atoms with Crippen molar-refractivity contribution in [1.82, 2.24) is 4.90 Å². The predicted octanol–water partition coefficient (Wildman–Crippen LogP) is 3.12. The van der Waals surface area contributed by atoms with Gasteiger partial charge < -0.3 is 4.90 Å². The van der Waals surface area contributed by atoms with Crippen LogP contribution in [0.25, 0.3) is 0 Å². The minimum Gasteiger partial charge on any atom is -0.334 e. The van der Waals surface area contributed by atoms with Crippen molar-refractivity contribution in [2.75, 3.05) is 23.1 Å². The smallest absolute Gasteiger partial charge is 0.254 e. The van der Waals surface area contributed by atoms with Gasteiger partial charge in [-0.2, -0.15) is 0 Å². The van der Waals surface area contributed by atoms with E-state index < -0.39 is 10.0 Å². The quantitative estimate of drug-likeness (QED) is 0.799. The van der Waals surface area contributed by atoms with E-state index in [4.69, 9.17) is 0 Å². The molecule has 2 aliphatic rings. The van der Waals surface area contributed by atoms with E-state index in [1.807, 2.05) is 30.0 Å². The molecule has 0 N–H and O–H groups in total. The van der Waals surface area contributed by atoms with Crippen molar-refractivity contribution < 1.29 is 13.2 Å². The summed E-state index contributed by atoms with van der Waals surface area (Å²) < 4.78 is 26.5. The highest BCUT2D eigenvalue weighted by molar-refractivity contribution is 7.92. The second kappa shape index (κ2) is 7.00. The van der Waals surface area contributed by atoms with Gasteiger partial charge in [0.1, 0.15) is 0 Å². The Labute approximate surface area is 160 Å². The maximum absolute atomic E-state index is 13.1. The van der Waals surface area contributed by atoms with Crippen molar-refractivity contribution in [3.8, 4) is 0 Å². The summed E-state index contributed by atoms with van der Waals surface area (Å²) in [5.41, 5.74) is 4.54. The summed E-state index contributed by atoms with van der Waals surface area (Å²) in [6, 6.07) is 13.6. The molecular weight excluding hydrogens is 360 g/mol. The third kappa shape index (κ3) is 3.46. The molecule has 2 heterocycles. The van der Waals surface area contributed by atoms with Crippen molar-refractivity contribution in [3.63, 3.8) is 0 Å². The number of nitrogens with zero attached hydrogens (tertiary/aromatic N) is 2. The third-order valence-corrected chi connectivity index (χ3v) is 7.35. The first kappa shape index (κ1) is 18.0. The summed E-state index contributed by atoms with van der Waals surface area (Å²) in [6.07, 6.45) is 2.39. The lowest BCUT2D eigenvalue weighted by Crippen LogP contribution is -2.39. The van der Waals surface area contributed by atoms with E-state index in [-0.39, 0.29) is 11.7 Å². The van der Waals surface area contributed by atoms with Gasteiger partial charge in [0.05, 0.1) is 11.4 Å². The zero-order valence-corrected chi connectivity index (χ0v) is 16.3. The van der Waals surface area contributed by atoms with Gasteiger partial charge in [-0.25, -0.2) is 8.42 Å². The molecular formula is C21H24N2O3S. The molecule has 1 saturated heterocycles. The van der Waals surface area contributed by atoms with E-state index in [1.165, 1.54) is 15.4 Å². The van der Waals surface area contributed by atoms with Crippen LogP contribution in [0, 0.1) is 6.92 Å². The highest BCUT2D eigenvalue weighted by atomic mass is 32.2. The van der Waals surface area contributed by atoms with Gasteiger partial charge in [-0.05, 0) is 55.0 Å². The van der Waals surface area contributed by atoms with Crippen LogP contribution in [0.1, 0.15) is 39.9 Å². The van der Waals surface area contributed by atoms with Gasteiger partial charge in [0, 0.05) is 25.2 Å². The average molecular weight is 385 g/mol. The zero-order chi connectivity index (χ0) is 19.0. The molecule has 0 aromatic heterocycles. The second-order valence-electron chi connectivity index (χ2n) is 7.34. The summed E-state index contributed by atoms with van der Waals surface area (Å²) in [5, 5.41) is 0. The SMILES string of the molecule is Cc1ccc(C(=O)N2CCc3ccccc3C2)cc1N1CCCCS1(=O)=O. The van der Waals surface area contributed by atoms with E-state index >= 15 is 0 Å². The number of anilines is 1. The van der Waals surface area contributed by atoms with Crippen molar-refractivity contribution >= 4 is 21.6 Å². The summed E-state index contributed by atoms with van der Waals surface area (Å²) >= 11 is 0. The molecule has 1 fully saturated rings. The lowest BCUT2D eigenvalue weighted by atomic mass is 9.99. The molecule has 27 heavy (non-hydrogen) atoms. The maximum atomic E-state index is 13.1. The van der Waals surface area contributed by atoms with Crippen molar-refractivity contribution in [2.45, 2.75) is 32.7 Å². The first-order valence-electron chi connectivity index (χ1n) is 9.43. The molecule has 6 heteroatoms. The lowest BCUT2D eigenvalue weighted by molar-refractivity contribution is 0.0734. The molecule has 0 radical (unpaired) electrons. The minimum absolute atomic E-state index is 0.0415. The van der Waals surface area contributed by atoms with Gasteiger partial charge in [-0.1, -0.05) is 30.3 Å². The molecule has 0 bridgehead atoms. The summed E-state index contributed by atoms with van der Waals surface area (Å²) in [4.78, 5) is 14.9. The van der Waals surface area contributed by atoms with Crippen LogP contribution < -0.4 is 4.31 Å². The lowest BCUT2D eigenvalue weighted by Gasteiger charge is -2.31. The highest BCUT2D eigenvalue weighted by Crippen LogP contribution is 2.29. The topological polar surface area (TPSA) is 57.7 Å². The Bertz CT molecular complexity index is 985. The number of amides is 1. The van der Waals surface area contributed by atoms with Gasteiger partial charge in [0.25, 0.3) is 5.91 Å². The van der Waals surface area contributed by atoms with Crippen LogP contribution in [0.5, 0.6) is 0 Å². The standard InChI is InChI=1S/C21H24N2O3S/c1-16-8-9-18(14-20(16)23-11-4-5-13-27(23,25)26)21(24)22-12-10-17-6-2-3-7-19(17)15-22/h2-3,6-9,14H,4-5,10-13,15H2,1H3. The van der Waals surface area contributed by atoms with Gasteiger partial charge in [0.15, 0.2) is 0 Å². The van der Waals surface area contributed by atoms with E-state index in [2.05, 4.69) is 12.1 Å². The maximum Gasteiger partial charge on any atom is 0.254 e. The molecule has 0 saturated carbocycles. The second-order valence-corrected chi connectivity index (χ2v) is 9.35. The molecule has 2 aromatic carbocycles. The van der Waals surface area contributed by atoms with Crippen LogP contribution in [-0.2, 0) is 23.0 Å². The number of fused-ring (bicyclic) bond motifs is 1. The van der Waals surface area contributed by atoms with E-state index in [0.717, 1.165) is 18.4 Å². The number of carbonyl (C=O) groups excluding carboxylic acids is 1. The molecule has 0 atom stereocenters. The number of carbonyl (C=O) groups is 1. The third-order valence-electron chi connectivity index (χ3n) is 5.49. The van der Waals surface area contributed by atoms with Crippen molar-refractivity contribution in [2.24, 2.45) is 0 Å². The zero-order valence-electron chi connectivity index (χ0n) is 15.5. The minimum atomic E-state index is -3.30. The average Bonchev–Trinajstić information content (AvgIpc) is 2.67. The monoisotopic (exact) mass is 384 g/mol. The molecule has 0 unspecified atom stereocenters. The Morgan fingerprint density at radius 3 is 2.56 bits per heavy atom. The molecule has 2 aliphatic heterocycles. The fourth-order valence-electron chi connectivity index (χ4n) is 3.92.